The summed E-state index contributed by atoms with van der Waals surface area (Å²) in [6.45, 7) is 7.24. The van der Waals surface area contributed by atoms with Crippen LogP contribution in [0.3, 0.4) is 0 Å². The first-order chi connectivity index (χ1) is 16.7. The van der Waals surface area contributed by atoms with E-state index < -0.39 is 5.60 Å². The number of amides is 1. The molecule has 0 radical (unpaired) electrons. The molecule has 2 heterocycles. The minimum atomic E-state index is -0.534. The van der Waals surface area contributed by atoms with Gasteiger partial charge in [0.25, 0.3) is 0 Å². The van der Waals surface area contributed by atoms with Crippen molar-refractivity contribution in [1.82, 2.24) is 14.9 Å². The van der Waals surface area contributed by atoms with Gasteiger partial charge < -0.3 is 24.8 Å². The summed E-state index contributed by atoms with van der Waals surface area (Å²) in [5, 5.41) is 14.8. The Morgan fingerprint density at radius 3 is 2.77 bits per heavy atom. The van der Waals surface area contributed by atoms with Crippen LogP contribution in [0.1, 0.15) is 32.8 Å². The Balaban J connectivity index is 1.65. The number of carbonyl (C=O) groups excluding carboxylic acids is 1. The van der Waals surface area contributed by atoms with Crippen molar-refractivity contribution in [2.45, 2.75) is 38.8 Å². The van der Waals surface area contributed by atoms with Crippen LogP contribution in [0.4, 0.5) is 10.6 Å². The highest BCUT2D eigenvalue weighted by atomic mass is 16.6. The van der Waals surface area contributed by atoms with Gasteiger partial charge in [-0.25, -0.2) is 14.8 Å². The molecule has 1 fully saturated rings. The second kappa shape index (κ2) is 10.3. The van der Waals surface area contributed by atoms with Gasteiger partial charge in [-0.05, 0) is 57.0 Å². The summed E-state index contributed by atoms with van der Waals surface area (Å²) in [6, 6.07) is 13.0. The second-order valence-corrected chi connectivity index (χ2v) is 9.60. The lowest BCUT2D eigenvalue weighted by molar-refractivity contribution is 0.0293. The molecule has 1 aromatic heterocycles. The van der Waals surface area contributed by atoms with Gasteiger partial charge in [0.2, 0.25) is 0 Å². The molecule has 0 spiro atoms. The third-order valence-electron chi connectivity index (χ3n) is 5.62. The van der Waals surface area contributed by atoms with E-state index >= 15 is 0 Å². The van der Waals surface area contributed by atoms with E-state index in [0.717, 1.165) is 22.9 Å². The fourth-order valence-electron chi connectivity index (χ4n) is 3.99. The highest BCUT2D eigenvalue weighted by molar-refractivity contribution is 5.92. The van der Waals surface area contributed by atoms with Crippen molar-refractivity contribution >= 4 is 28.9 Å². The molecular weight excluding hydrogens is 444 g/mol. The molecule has 1 unspecified atom stereocenters. The zero-order valence-corrected chi connectivity index (χ0v) is 20.6. The summed E-state index contributed by atoms with van der Waals surface area (Å²) in [5.74, 6) is 1.21. The molecule has 3 aromatic rings. The molecule has 8 heteroatoms. The van der Waals surface area contributed by atoms with E-state index in [1.807, 2.05) is 57.2 Å². The van der Waals surface area contributed by atoms with E-state index in [0.29, 0.717) is 36.9 Å². The molecule has 0 bridgehead atoms. The van der Waals surface area contributed by atoms with Crippen molar-refractivity contribution in [2.75, 3.05) is 32.1 Å². The van der Waals surface area contributed by atoms with E-state index in [2.05, 4.69) is 5.32 Å². The quantitative estimate of drug-likeness (QED) is 0.512. The van der Waals surface area contributed by atoms with Crippen LogP contribution in [0.25, 0.3) is 28.4 Å². The number of likely N-dealkylation sites (tertiary alicyclic amines) is 1. The molecule has 1 amide bonds. The third kappa shape index (κ3) is 6.08. The topological polar surface area (TPSA) is 96.8 Å². The van der Waals surface area contributed by atoms with Gasteiger partial charge in [0.05, 0.1) is 17.7 Å². The van der Waals surface area contributed by atoms with Crippen molar-refractivity contribution in [2.24, 2.45) is 0 Å². The lowest BCUT2D eigenvalue weighted by Crippen LogP contribution is -2.36. The molecule has 1 aliphatic rings. The molecule has 4 rings (SSSR count). The monoisotopic (exact) mass is 476 g/mol. The Morgan fingerprint density at radius 2 is 2.03 bits per heavy atom. The Bertz CT molecular complexity index is 1240. The number of nitrogens with one attached hydrogen (secondary N) is 1. The zero-order chi connectivity index (χ0) is 25.0. The normalized spacial score (nSPS) is 16.2. The SMILES string of the molecule is COC/C=C/c1ccc2c(NC3CCN(C(=O)OC(C)(C)C)C3)nc(-c3ccccc3O)nc2c1. The van der Waals surface area contributed by atoms with Crippen LogP contribution < -0.4 is 5.32 Å². The average Bonchev–Trinajstić information content (AvgIpc) is 3.27. The molecule has 1 saturated heterocycles. The maximum absolute atomic E-state index is 12.5. The maximum Gasteiger partial charge on any atom is 0.410 e. The summed E-state index contributed by atoms with van der Waals surface area (Å²) in [7, 11) is 1.65. The van der Waals surface area contributed by atoms with Gasteiger partial charge in [0.15, 0.2) is 5.82 Å². The number of phenols is 1. The molecule has 8 nitrogen and oxygen atoms in total. The molecule has 1 aliphatic heterocycles. The number of carbonyl (C=O) groups is 1. The van der Waals surface area contributed by atoms with Crippen molar-refractivity contribution in [1.29, 1.82) is 0 Å². The Kier molecular flexibility index (Phi) is 7.21. The first-order valence-corrected chi connectivity index (χ1v) is 11.7. The van der Waals surface area contributed by atoms with E-state index in [-0.39, 0.29) is 17.9 Å². The molecule has 1 atom stereocenters. The predicted octanol–water partition coefficient (Wildman–Crippen LogP) is 5.08. The Morgan fingerprint density at radius 1 is 1.23 bits per heavy atom. The van der Waals surface area contributed by atoms with Crippen LogP contribution >= 0.6 is 0 Å². The fraction of sp³-hybridized carbons (Fsp3) is 0.370. The smallest absolute Gasteiger partial charge is 0.410 e. The lowest BCUT2D eigenvalue weighted by atomic mass is 10.1. The van der Waals surface area contributed by atoms with E-state index in [1.54, 1.807) is 30.2 Å². The molecule has 184 valence electrons. The third-order valence-corrected chi connectivity index (χ3v) is 5.62. The molecule has 35 heavy (non-hydrogen) atoms. The Hall–Kier alpha value is -3.65. The minimum Gasteiger partial charge on any atom is -0.507 e. The molecular formula is C27H32N4O4. The van der Waals surface area contributed by atoms with Crippen molar-refractivity contribution in [3.8, 4) is 17.1 Å². The number of anilines is 1. The van der Waals surface area contributed by atoms with Gasteiger partial charge in [-0.2, -0.15) is 0 Å². The largest absolute Gasteiger partial charge is 0.507 e. The summed E-state index contributed by atoms with van der Waals surface area (Å²) in [4.78, 5) is 23.7. The number of aromatic hydroxyl groups is 1. The second-order valence-electron chi connectivity index (χ2n) is 9.60. The molecule has 0 aliphatic carbocycles. The van der Waals surface area contributed by atoms with Crippen molar-refractivity contribution in [3.05, 3.63) is 54.1 Å². The van der Waals surface area contributed by atoms with Crippen LogP contribution in [-0.2, 0) is 9.47 Å². The van der Waals surface area contributed by atoms with Crippen LogP contribution in [0.15, 0.2) is 48.5 Å². The van der Waals surface area contributed by atoms with E-state index in [9.17, 15) is 9.90 Å². The van der Waals surface area contributed by atoms with Crippen molar-refractivity contribution < 1.29 is 19.4 Å². The number of nitrogens with zero attached hydrogens (tertiary/aromatic N) is 3. The number of para-hydroxylation sites is 1. The van der Waals surface area contributed by atoms with Crippen LogP contribution in [0, 0.1) is 0 Å². The Labute approximate surface area is 205 Å². The first kappa shape index (κ1) is 24.5. The zero-order valence-electron chi connectivity index (χ0n) is 20.6. The highest BCUT2D eigenvalue weighted by Gasteiger charge is 2.30. The molecule has 2 N–H and O–H groups in total. The van der Waals surface area contributed by atoms with E-state index in [4.69, 9.17) is 19.4 Å². The average molecular weight is 477 g/mol. The predicted molar refractivity (Wildman–Crippen MR) is 137 cm³/mol. The number of phenolic OH excluding ortho intramolecular Hbond substituents is 1. The first-order valence-electron chi connectivity index (χ1n) is 11.7. The number of fused-ring (bicyclic) bond motifs is 1. The summed E-state index contributed by atoms with van der Waals surface area (Å²) < 4.78 is 10.6. The van der Waals surface area contributed by atoms with Crippen LogP contribution in [-0.4, -0.2) is 64.5 Å². The number of hydrogen-bond acceptors (Lipinski definition) is 7. The van der Waals surface area contributed by atoms with Gasteiger partial charge in [0.1, 0.15) is 17.2 Å². The van der Waals surface area contributed by atoms with Crippen molar-refractivity contribution in [3.63, 3.8) is 0 Å². The van der Waals surface area contributed by atoms with Gasteiger partial charge in [-0.3, -0.25) is 0 Å². The summed E-state index contributed by atoms with van der Waals surface area (Å²) in [5.41, 5.74) is 1.76. The number of aromatic nitrogens is 2. The minimum absolute atomic E-state index is 0.0131. The van der Waals surface area contributed by atoms with Gasteiger partial charge in [-0.15, -0.1) is 0 Å². The molecule has 0 saturated carbocycles. The van der Waals surface area contributed by atoms with Gasteiger partial charge in [-0.1, -0.05) is 30.4 Å². The van der Waals surface area contributed by atoms with Crippen LogP contribution in [0.2, 0.25) is 0 Å². The molecule has 2 aromatic carbocycles. The van der Waals surface area contributed by atoms with Gasteiger partial charge in [0, 0.05) is 31.6 Å². The lowest BCUT2D eigenvalue weighted by Gasteiger charge is -2.24. The highest BCUT2D eigenvalue weighted by Crippen LogP contribution is 2.31. The number of benzene rings is 2. The number of methoxy groups -OCH3 is 1. The fourth-order valence-corrected chi connectivity index (χ4v) is 3.99. The number of rotatable bonds is 6. The van der Waals surface area contributed by atoms with Gasteiger partial charge >= 0.3 is 6.09 Å². The summed E-state index contributed by atoms with van der Waals surface area (Å²) >= 11 is 0. The maximum atomic E-state index is 12.5. The summed E-state index contributed by atoms with van der Waals surface area (Å²) in [6.07, 6.45) is 4.38. The standard InChI is InChI=1S/C27H32N4O4/c1-27(2,3)35-26(33)31-14-13-19(17-31)28-24-20-12-11-18(8-7-15-34-4)16-22(20)29-25(30-24)21-9-5-6-10-23(21)32/h5-12,16,19,32H,13-15,17H2,1-4H3,(H,28,29,30)/b8-7+. The number of hydrogen-bond donors (Lipinski definition) is 2. The van der Waals surface area contributed by atoms with Crippen LogP contribution in [0.5, 0.6) is 5.75 Å². The number of ether oxygens (including phenoxy) is 2. The van der Waals surface area contributed by atoms with E-state index in [1.165, 1.54) is 0 Å².